The monoisotopic (exact) mass is 410 g/mol. The summed E-state index contributed by atoms with van der Waals surface area (Å²) in [7, 11) is 0. The number of nitrogens with one attached hydrogen (secondary N) is 1. The van der Waals surface area contributed by atoms with E-state index in [0.717, 1.165) is 36.2 Å². The van der Waals surface area contributed by atoms with Crippen LogP contribution in [0.2, 0.25) is 0 Å². The zero-order chi connectivity index (χ0) is 20.6. The van der Waals surface area contributed by atoms with E-state index in [9.17, 15) is 9.59 Å². The lowest BCUT2D eigenvalue weighted by atomic mass is 10.1. The molecule has 0 saturated carbocycles. The van der Waals surface area contributed by atoms with Gasteiger partial charge in [-0.25, -0.2) is 0 Å². The molecule has 2 aromatic rings. The number of hydrogen-bond donors (Lipinski definition) is 1. The molecule has 2 amide bonds. The van der Waals surface area contributed by atoms with Crippen LogP contribution in [-0.2, 0) is 16.0 Å². The van der Waals surface area contributed by atoms with Gasteiger partial charge in [0.15, 0.2) is 0 Å². The minimum Gasteiger partial charge on any atom is -0.326 e. The number of carbonyl (C=O) groups is 2. The molecule has 1 fully saturated rings. The van der Waals surface area contributed by atoms with Crippen LogP contribution in [0.5, 0.6) is 0 Å². The second kappa shape index (κ2) is 10.5. The Morgan fingerprint density at radius 3 is 2.41 bits per heavy atom. The lowest BCUT2D eigenvalue weighted by Crippen LogP contribution is -2.27. The highest BCUT2D eigenvalue weighted by Crippen LogP contribution is 2.42. The third-order valence-corrected chi connectivity index (χ3v) is 6.44. The Morgan fingerprint density at radius 2 is 1.76 bits per heavy atom. The summed E-state index contributed by atoms with van der Waals surface area (Å²) in [6.45, 7) is 4.29. The Morgan fingerprint density at radius 1 is 1.03 bits per heavy atom. The van der Waals surface area contributed by atoms with E-state index in [1.807, 2.05) is 41.3 Å². The van der Waals surface area contributed by atoms with Crippen LogP contribution in [0.25, 0.3) is 0 Å². The van der Waals surface area contributed by atoms with Crippen molar-refractivity contribution >= 4 is 35.0 Å². The smallest absolute Gasteiger partial charge is 0.238 e. The molecule has 0 aromatic heterocycles. The standard InChI is InChI=1S/C24H30N2O2S/c1-3-5-6-7-8-22(27)25-20-13-11-19(12-14-20)24-26(23(28)17-29-24)21-15-9-18(4-2)10-16-21/h9-16,24H,3-8,17H2,1-2H3,(H,25,27)/t24-/m0/s1. The molecule has 0 spiro atoms. The first-order chi connectivity index (χ1) is 14.1. The molecule has 154 valence electrons. The van der Waals surface area contributed by atoms with Crippen LogP contribution >= 0.6 is 11.8 Å². The van der Waals surface area contributed by atoms with E-state index in [-0.39, 0.29) is 17.2 Å². The Labute approximate surface area is 178 Å². The SMILES string of the molecule is CCCCCCC(=O)Nc1ccc([C@@H]2SCC(=O)N2c2ccc(CC)cc2)cc1. The molecule has 1 aliphatic heterocycles. The molecule has 3 rings (SSSR count). The Hall–Kier alpha value is -2.27. The normalized spacial score (nSPS) is 16.3. The van der Waals surface area contributed by atoms with E-state index >= 15 is 0 Å². The van der Waals surface area contributed by atoms with E-state index in [1.165, 1.54) is 18.4 Å². The number of carbonyl (C=O) groups excluding carboxylic acids is 2. The third-order valence-electron chi connectivity index (χ3n) is 5.23. The van der Waals surface area contributed by atoms with Crippen molar-refractivity contribution in [1.29, 1.82) is 0 Å². The fourth-order valence-corrected chi connectivity index (χ4v) is 4.69. The molecule has 29 heavy (non-hydrogen) atoms. The number of aryl methyl sites for hydroxylation is 1. The van der Waals surface area contributed by atoms with Crippen molar-refractivity contribution in [2.75, 3.05) is 16.0 Å². The molecule has 2 aromatic carbocycles. The van der Waals surface area contributed by atoms with Crippen LogP contribution < -0.4 is 10.2 Å². The molecular formula is C24H30N2O2S. The highest BCUT2D eigenvalue weighted by atomic mass is 32.2. The third kappa shape index (κ3) is 5.63. The average molecular weight is 411 g/mol. The van der Waals surface area contributed by atoms with Crippen molar-refractivity contribution in [3.63, 3.8) is 0 Å². The van der Waals surface area contributed by atoms with E-state index in [1.54, 1.807) is 11.8 Å². The molecule has 4 nitrogen and oxygen atoms in total. The quantitative estimate of drug-likeness (QED) is 0.521. The molecule has 0 radical (unpaired) electrons. The minimum atomic E-state index is -0.0335. The molecule has 1 N–H and O–H groups in total. The van der Waals surface area contributed by atoms with E-state index < -0.39 is 0 Å². The first kappa shape index (κ1) is 21.4. The number of unbranched alkanes of at least 4 members (excludes halogenated alkanes) is 3. The zero-order valence-electron chi connectivity index (χ0n) is 17.3. The van der Waals surface area contributed by atoms with Gasteiger partial charge in [0.25, 0.3) is 0 Å². The fourth-order valence-electron chi connectivity index (χ4n) is 3.51. The summed E-state index contributed by atoms with van der Waals surface area (Å²) in [6, 6.07) is 16.1. The molecule has 5 heteroatoms. The number of rotatable bonds is 9. The molecule has 1 aliphatic rings. The summed E-state index contributed by atoms with van der Waals surface area (Å²) in [5.41, 5.74) is 4.08. The van der Waals surface area contributed by atoms with Crippen molar-refractivity contribution in [3.05, 3.63) is 59.7 Å². The van der Waals surface area contributed by atoms with Crippen LogP contribution in [0.15, 0.2) is 48.5 Å². The molecular weight excluding hydrogens is 380 g/mol. The van der Waals surface area contributed by atoms with Crippen molar-refractivity contribution in [2.24, 2.45) is 0 Å². The van der Waals surface area contributed by atoms with Gasteiger partial charge in [0.2, 0.25) is 11.8 Å². The number of benzene rings is 2. The maximum absolute atomic E-state index is 12.5. The van der Waals surface area contributed by atoms with Crippen LogP contribution in [0, 0.1) is 0 Å². The largest absolute Gasteiger partial charge is 0.326 e. The van der Waals surface area contributed by atoms with E-state index in [4.69, 9.17) is 0 Å². The molecule has 1 heterocycles. The van der Waals surface area contributed by atoms with Gasteiger partial charge < -0.3 is 5.32 Å². The molecule has 0 bridgehead atoms. The number of hydrogen-bond acceptors (Lipinski definition) is 3. The summed E-state index contributed by atoms with van der Waals surface area (Å²) < 4.78 is 0. The molecule has 1 saturated heterocycles. The van der Waals surface area contributed by atoms with E-state index in [2.05, 4.69) is 31.3 Å². The predicted octanol–water partition coefficient (Wildman–Crippen LogP) is 5.94. The van der Waals surface area contributed by atoms with Crippen molar-refractivity contribution in [2.45, 2.75) is 57.7 Å². The van der Waals surface area contributed by atoms with E-state index in [0.29, 0.717) is 12.2 Å². The Bertz CT molecular complexity index is 818. The maximum atomic E-state index is 12.5. The second-order valence-corrected chi connectivity index (χ2v) is 8.50. The summed E-state index contributed by atoms with van der Waals surface area (Å²) in [5.74, 6) is 0.682. The van der Waals surface area contributed by atoms with Gasteiger partial charge in [0.1, 0.15) is 5.37 Å². The Kier molecular flexibility index (Phi) is 7.76. The lowest BCUT2D eigenvalue weighted by molar-refractivity contribution is -0.116. The second-order valence-electron chi connectivity index (χ2n) is 7.43. The summed E-state index contributed by atoms with van der Waals surface area (Å²) >= 11 is 1.64. The van der Waals surface area contributed by atoms with Gasteiger partial charge in [0.05, 0.1) is 5.75 Å². The van der Waals surface area contributed by atoms with Gasteiger partial charge in [-0.15, -0.1) is 11.8 Å². The van der Waals surface area contributed by atoms with Crippen molar-refractivity contribution in [3.8, 4) is 0 Å². The predicted molar refractivity (Wildman–Crippen MR) is 122 cm³/mol. The van der Waals surface area contributed by atoms with Crippen LogP contribution in [0.4, 0.5) is 11.4 Å². The highest BCUT2D eigenvalue weighted by Gasteiger charge is 2.33. The highest BCUT2D eigenvalue weighted by molar-refractivity contribution is 8.00. The van der Waals surface area contributed by atoms with Gasteiger partial charge in [-0.2, -0.15) is 0 Å². The number of thioether (sulfide) groups is 1. The van der Waals surface area contributed by atoms with Crippen LogP contribution in [0.3, 0.4) is 0 Å². The average Bonchev–Trinajstić information content (AvgIpc) is 3.13. The fraction of sp³-hybridized carbons (Fsp3) is 0.417. The first-order valence-electron chi connectivity index (χ1n) is 10.5. The summed E-state index contributed by atoms with van der Waals surface area (Å²) in [4.78, 5) is 26.5. The summed E-state index contributed by atoms with van der Waals surface area (Å²) in [5, 5.41) is 2.94. The van der Waals surface area contributed by atoms with Gasteiger partial charge in [0, 0.05) is 17.8 Å². The lowest BCUT2D eigenvalue weighted by Gasteiger charge is -2.24. The zero-order valence-corrected chi connectivity index (χ0v) is 18.1. The van der Waals surface area contributed by atoms with Crippen LogP contribution in [-0.4, -0.2) is 17.6 Å². The van der Waals surface area contributed by atoms with Gasteiger partial charge in [-0.3, -0.25) is 14.5 Å². The Balaban J connectivity index is 1.64. The van der Waals surface area contributed by atoms with Gasteiger partial charge in [-0.05, 0) is 48.2 Å². The first-order valence-corrected chi connectivity index (χ1v) is 11.6. The van der Waals surface area contributed by atoms with Gasteiger partial charge >= 0.3 is 0 Å². The van der Waals surface area contributed by atoms with Gasteiger partial charge in [-0.1, -0.05) is 57.4 Å². The number of amides is 2. The molecule has 0 unspecified atom stereocenters. The minimum absolute atomic E-state index is 0.0335. The summed E-state index contributed by atoms with van der Waals surface area (Å²) in [6.07, 6.45) is 5.94. The number of nitrogens with zero attached hydrogens (tertiary/aromatic N) is 1. The topological polar surface area (TPSA) is 49.4 Å². The molecule has 1 atom stereocenters. The van der Waals surface area contributed by atoms with Crippen molar-refractivity contribution in [1.82, 2.24) is 0 Å². The maximum Gasteiger partial charge on any atom is 0.238 e. The molecule has 0 aliphatic carbocycles. The van der Waals surface area contributed by atoms with Crippen LogP contribution in [0.1, 0.15) is 62.5 Å². The number of anilines is 2. The van der Waals surface area contributed by atoms with Crippen molar-refractivity contribution < 1.29 is 9.59 Å².